The van der Waals surface area contributed by atoms with E-state index in [9.17, 15) is 5.11 Å². The van der Waals surface area contributed by atoms with E-state index in [0.29, 0.717) is 27.7 Å². The number of aliphatic hydroxyl groups is 1. The van der Waals surface area contributed by atoms with Gasteiger partial charge in [0.25, 0.3) is 0 Å². The second kappa shape index (κ2) is 9.73. The average molecular weight is 494 g/mol. The van der Waals surface area contributed by atoms with Crippen LogP contribution in [0.15, 0.2) is 59.9 Å². The number of nitrogen functional groups attached to an aromatic ring is 1. The molecule has 1 aliphatic heterocycles. The highest BCUT2D eigenvalue weighted by Crippen LogP contribution is 2.35. The molecule has 5 rings (SSSR count). The molecule has 1 aliphatic rings. The molecule has 9 nitrogen and oxygen atoms in total. The number of ether oxygens (including phenoxy) is 3. The summed E-state index contributed by atoms with van der Waals surface area (Å²) in [5, 5.41) is 12.0. The third-order valence-electron chi connectivity index (χ3n) is 5.91. The predicted octanol–water partition coefficient (Wildman–Crippen LogP) is 3.53. The number of benzene rings is 2. The quantitative estimate of drug-likeness (QED) is 0.294. The number of aromatic nitrogens is 4. The number of thioether (sulfide) groups is 1. The molecule has 1 saturated heterocycles. The normalized spacial score (nSPS) is 21.9. The summed E-state index contributed by atoms with van der Waals surface area (Å²) in [6.45, 7) is 4.21. The van der Waals surface area contributed by atoms with E-state index in [1.165, 1.54) is 11.8 Å². The number of fused-ring (bicyclic) bond motifs is 1. The van der Waals surface area contributed by atoms with Gasteiger partial charge in [-0.25, -0.2) is 9.97 Å². The Kier molecular flexibility index (Phi) is 6.50. The van der Waals surface area contributed by atoms with E-state index in [0.717, 1.165) is 11.1 Å². The van der Waals surface area contributed by atoms with Gasteiger partial charge in [-0.05, 0) is 44.4 Å². The first-order chi connectivity index (χ1) is 16.9. The summed E-state index contributed by atoms with van der Waals surface area (Å²) in [6, 6.07) is 15.4. The zero-order valence-corrected chi connectivity index (χ0v) is 20.5. The summed E-state index contributed by atoms with van der Waals surface area (Å²) in [5.41, 5.74) is 9.27. The lowest BCUT2D eigenvalue weighted by Crippen LogP contribution is -2.39. The number of hydrogen-bond donors (Lipinski definition) is 2. The van der Waals surface area contributed by atoms with Crippen molar-refractivity contribution in [2.75, 3.05) is 18.6 Å². The minimum atomic E-state index is -1.02. The van der Waals surface area contributed by atoms with E-state index in [1.54, 1.807) is 10.9 Å². The van der Waals surface area contributed by atoms with Gasteiger partial charge in [-0.15, -0.1) is 11.8 Å². The van der Waals surface area contributed by atoms with E-state index in [2.05, 4.69) is 15.0 Å². The third kappa shape index (κ3) is 4.77. The molecule has 2 aromatic carbocycles. The maximum atomic E-state index is 11.4. The molecule has 35 heavy (non-hydrogen) atoms. The third-order valence-corrected chi connectivity index (χ3v) is 6.58. The maximum Gasteiger partial charge on any atom is 0.223 e. The van der Waals surface area contributed by atoms with Crippen LogP contribution in [0, 0.1) is 13.8 Å². The van der Waals surface area contributed by atoms with Gasteiger partial charge in [0.05, 0.1) is 6.33 Å². The van der Waals surface area contributed by atoms with Crippen molar-refractivity contribution in [3.63, 3.8) is 0 Å². The van der Waals surface area contributed by atoms with Crippen LogP contribution in [0.1, 0.15) is 17.4 Å². The first-order valence-corrected chi connectivity index (χ1v) is 12.5. The number of nitrogens with zero attached hydrogens (tertiary/aromatic N) is 4. The van der Waals surface area contributed by atoms with E-state index in [-0.39, 0.29) is 12.6 Å². The minimum Gasteiger partial charge on any atom is -0.491 e. The van der Waals surface area contributed by atoms with Crippen molar-refractivity contribution >= 4 is 28.9 Å². The number of aliphatic hydroxyl groups excluding tert-OH is 1. The summed E-state index contributed by atoms with van der Waals surface area (Å²) in [5.74, 6) is 1.48. The molecule has 4 atom stereocenters. The zero-order chi connectivity index (χ0) is 24.5. The van der Waals surface area contributed by atoms with Crippen molar-refractivity contribution in [1.82, 2.24) is 19.5 Å². The Morgan fingerprint density at radius 3 is 2.34 bits per heavy atom. The number of aryl methyl sites for hydroxylation is 2. The minimum absolute atomic E-state index is 0.128. The molecule has 0 aliphatic carbocycles. The molecule has 1 fully saturated rings. The van der Waals surface area contributed by atoms with Crippen molar-refractivity contribution in [3.8, 4) is 11.5 Å². The Morgan fingerprint density at radius 2 is 1.69 bits per heavy atom. The SMILES string of the molecule is CSc1nc(N)nc2c1ncn2[C@@H]1O[C@H](COc2ccc(C)cc2)[C@@H](Oc2ccc(C)cc2)[C@H]1O. The van der Waals surface area contributed by atoms with Crippen LogP contribution in [-0.2, 0) is 4.74 Å². The van der Waals surface area contributed by atoms with Crippen LogP contribution in [-0.4, -0.2) is 55.8 Å². The molecule has 182 valence electrons. The van der Waals surface area contributed by atoms with Gasteiger partial charge in [0.1, 0.15) is 40.9 Å². The lowest BCUT2D eigenvalue weighted by Gasteiger charge is -2.22. The highest BCUT2D eigenvalue weighted by atomic mass is 32.2. The summed E-state index contributed by atoms with van der Waals surface area (Å²) in [6.07, 6.45) is 0.406. The fraction of sp³-hybridized carbons (Fsp3) is 0.320. The Bertz CT molecular complexity index is 1310. The molecule has 0 spiro atoms. The van der Waals surface area contributed by atoms with Crippen molar-refractivity contribution in [2.45, 2.75) is 43.4 Å². The Morgan fingerprint density at radius 1 is 1.03 bits per heavy atom. The van der Waals surface area contributed by atoms with Gasteiger partial charge in [-0.2, -0.15) is 4.98 Å². The molecule has 10 heteroatoms. The molecule has 3 heterocycles. The number of hydrogen-bond acceptors (Lipinski definition) is 9. The lowest BCUT2D eigenvalue weighted by atomic mass is 10.1. The molecular weight excluding hydrogens is 466 g/mol. The summed E-state index contributed by atoms with van der Waals surface area (Å²) >= 11 is 1.42. The second-order valence-electron chi connectivity index (χ2n) is 8.49. The van der Waals surface area contributed by atoms with Gasteiger partial charge >= 0.3 is 0 Å². The molecule has 0 radical (unpaired) electrons. The van der Waals surface area contributed by atoms with Crippen molar-refractivity contribution in [1.29, 1.82) is 0 Å². The van der Waals surface area contributed by atoms with Crippen LogP contribution < -0.4 is 15.2 Å². The molecule has 0 saturated carbocycles. The van der Waals surface area contributed by atoms with Crippen molar-refractivity contribution in [3.05, 3.63) is 66.0 Å². The van der Waals surface area contributed by atoms with Crippen molar-refractivity contribution < 1.29 is 19.3 Å². The molecular formula is C25H27N5O4S. The largest absolute Gasteiger partial charge is 0.491 e. The van der Waals surface area contributed by atoms with Crippen LogP contribution in [0.5, 0.6) is 11.5 Å². The predicted molar refractivity (Wildman–Crippen MR) is 134 cm³/mol. The first-order valence-electron chi connectivity index (χ1n) is 11.2. The molecule has 0 unspecified atom stereocenters. The Balaban J connectivity index is 1.45. The standard InChI is InChI=1S/C25H27N5O4S/c1-14-4-8-16(9-5-14)32-12-18-21(33-17-10-6-15(2)7-11-17)20(31)24(34-18)30-13-27-19-22(30)28-25(26)29-23(19)35-3/h4-11,13,18,20-21,24,31H,12H2,1-3H3,(H2,26,28,29)/t18-,20-,21-,24-/m1/s1. The maximum absolute atomic E-state index is 11.4. The molecule has 2 aromatic heterocycles. The summed E-state index contributed by atoms with van der Waals surface area (Å²) in [7, 11) is 0. The molecule has 3 N–H and O–H groups in total. The van der Waals surface area contributed by atoms with Crippen LogP contribution in [0.3, 0.4) is 0 Å². The summed E-state index contributed by atoms with van der Waals surface area (Å²) < 4.78 is 20.2. The van der Waals surface area contributed by atoms with E-state index < -0.39 is 24.5 Å². The monoisotopic (exact) mass is 493 g/mol. The second-order valence-corrected chi connectivity index (χ2v) is 9.29. The molecule has 0 bridgehead atoms. The first kappa shape index (κ1) is 23.4. The van der Waals surface area contributed by atoms with Crippen LogP contribution in [0.25, 0.3) is 11.2 Å². The van der Waals surface area contributed by atoms with E-state index in [4.69, 9.17) is 19.9 Å². The van der Waals surface area contributed by atoms with Gasteiger partial charge in [-0.3, -0.25) is 4.57 Å². The fourth-order valence-corrected chi connectivity index (χ4v) is 4.57. The fourth-order valence-electron chi connectivity index (χ4n) is 4.05. The van der Waals surface area contributed by atoms with Gasteiger partial charge < -0.3 is 25.1 Å². The highest BCUT2D eigenvalue weighted by molar-refractivity contribution is 7.98. The molecule has 4 aromatic rings. The number of nitrogens with two attached hydrogens (primary N) is 1. The van der Waals surface area contributed by atoms with Gasteiger partial charge in [0, 0.05) is 0 Å². The van der Waals surface area contributed by atoms with Crippen molar-refractivity contribution in [2.24, 2.45) is 0 Å². The Hall–Kier alpha value is -3.34. The van der Waals surface area contributed by atoms with E-state index in [1.807, 2.05) is 68.6 Å². The smallest absolute Gasteiger partial charge is 0.223 e. The topological polar surface area (TPSA) is 118 Å². The molecule has 0 amide bonds. The average Bonchev–Trinajstić information content (AvgIpc) is 3.40. The lowest BCUT2D eigenvalue weighted by molar-refractivity contribution is -0.0469. The Labute approximate surface area is 207 Å². The summed E-state index contributed by atoms with van der Waals surface area (Å²) in [4.78, 5) is 13.1. The van der Waals surface area contributed by atoms with Gasteiger partial charge in [0.2, 0.25) is 5.95 Å². The zero-order valence-electron chi connectivity index (χ0n) is 19.7. The van der Waals surface area contributed by atoms with Crippen LogP contribution >= 0.6 is 11.8 Å². The highest BCUT2D eigenvalue weighted by Gasteiger charge is 2.47. The number of imidazole rings is 1. The van der Waals surface area contributed by atoms with Crippen LogP contribution in [0.4, 0.5) is 5.95 Å². The van der Waals surface area contributed by atoms with E-state index >= 15 is 0 Å². The number of anilines is 1. The van der Waals surface area contributed by atoms with Gasteiger partial charge in [0.15, 0.2) is 18.0 Å². The number of rotatable bonds is 7. The van der Waals surface area contributed by atoms with Crippen LogP contribution in [0.2, 0.25) is 0 Å². The van der Waals surface area contributed by atoms with Gasteiger partial charge in [-0.1, -0.05) is 35.4 Å².